The van der Waals surface area contributed by atoms with Crippen LogP contribution in [0.4, 0.5) is 5.69 Å². The van der Waals surface area contributed by atoms with Gasteiger partial charge in [-0.25, -0.2) is 0 Å². The fourth-order valence-corrected chi connectivity index (χ4v) is 2.80. The van der Waals surface area contributed by atoms with Crippen molar-refractivity contribution in [2.45, 2.75) is 13.0 Å². The first kappa shape index (κ1) is 16.0. The van der Waals surface area contributed by atoms with E-state index in [-0.39, 0.29) is 10.9 Å². The number of anilines is 1. The van der Waals surface area contributed by atoms with E-state index in [2.05, 4.69) is 5.32 Å². The molecule has 1 aromatic rings. The van der Waals surface area contributed by atoms with Gasteiger partial charge < -0.3 is 20.7 Å². The van der Waals surface area contributed by atoms with Crippen molar-refractivity contribution < 1.29 is 9.53 Å². The lowest BCUT2D eigenvalue weighted by atomic mass is 10.1. The number of rotatable bonds is 4. The van der Waals surface area contributed by atoms with Crippen molar-refractivity contribution in [2.24, 2.45) is 5.73 Å². The molecule has 3 N–H and O–H groups in total. The molecule has 0 aliphatic carbocycles. The molecule has 1 aliphatic heterocycles. The normalized spacial score (nSPS) is 16.4. The molecule has 1 amide bonds. The van der Waals surface area contributed by atoms with E-state index in [4.69, 9.17) is 34.3 Å². The predicted octanol–water partition coefficient (Wildman–Crippen LogP) is 1.63. The molecular formula is C14H18ClN3O2S. The van der Waals surface area contributed by atoms with E-state index in [0.717, 1.165) is 0 Å². The zero-order valence-corrected chi connectivity index (χ0v) is 13.3. The summed E-state index contributed by atoms with van der Waals surface area (Å²) in [6, 6.07) is 4.92. The molecule has 0 spiro atoms. The molecule has 1 aromatic carbocycles. The van der Waals surface area contributed by atoms with Gasteiger partial charge in [0.2, 0.25) is 5.91 Å². The van der Waals surface area contributed by atoms with E-state index in [0.29, 0.717) is 42.6 Å². The van der Waals surface area contributed by atoms with Gasteiger partial charge in [-0.15, -0.1) is 0 Å². The number of benzene rings is 1. The fourth-order valence-electron chi connectivity index (χ4n) is 2.25. The van der Waals surface area contributed by atoms with Crippen molar-refractivity contribution in [1.82, 2.24) is 4.90 Å². The van der Waals surface area contributed by atoms with Gasteiger partial charge in [-0.05, 0) is 19.1 Å². The van der Waals surface area contributed by atoms with E-state index >= 15 is 0 Å². The lowest BCUT2D eigenvalue weighted by Gasteiger charge is -2.30. The van der Waals surface area contributed by atoms with Gasteiger partial charge >= 0.3 is 0 Å². The number of carbonyl (C=O) groups is 1. The van der Waals surface area contributed by atoms with Gasteiger partial charge in [-0.1, -0.05) is 29.9 Å². The number of nitrogens with two attached hydrogens (primary N) is 1. The SMILES string of the molecule is CC(Nc1cccc(Cl)c1C(N)=S)C(=O)N1CCOCC1. The summed E-state index contributed by atoms with van der Waals surface area (Å²) < 4.78 is 5.25. The van der Waals surface area contributed by atoms with Gasteiger partial charge in [-0.2, -0.15) is 0 Å². The molecule has 0 aromatic heterocycles. The number of amides is 1. The third-order valence-electron chi connectivity index (χ3n) is 3.33. The van der Waals surface area contributed by atoms with Crippen molar-refractivity contribution in [1.29, 1.82) is 0 Å². The number of hydrogen-bond donors (Lipinski definition) is 2. The Labute approximate surface area is 134 Å². The monoisotopic (exact) mass is 327 g/mol. The summed E-state index contributed by atoms with van der Waals surface area (Å²) in [5.74, 6) is 0.0205. The van der Waals surface area contributed by atoms with Gasteiger partial charge in [0.15, 0.2) is 0 Å². The van der Waals surface area contributed by atoms with Crippen molar-refractivity contribution in [3.05, 3.63) is 28.8 Å². The maximum absolute atomic E-state index is 12.4. The van der Waals surface area contributed by atoms with Crippen LogP contribution in [0.25, 0.3) is 0 Å². The highest BCUT2D eigenvalue weighted by Gasteiger charge is 2.23. The molecule has 0 saturated carbocycles. The molecule has 5 nitrogen and oxygen atoms in total. The van der Waals surface area contributed by atoms with Crippen LogP contribution in [0.1, 0.15) is 12.5 Å². The maximum atomic E-state index is 12.4. The Balaban J connectivity index is 2.12. The Morgan fingerprint density at radius 1 is 1.48 bits per heavy atom. The summed E-state index contributed by atoms with van der Waals surface area (Å²) in [5.41, 5.74) is 6.94. The van der Waals surface area contributed by atoms with Gasteiger partial charge in [0.05, 0.1) is 23.8 Å². The minimum Gasteiger partial charge on any atom is -0.389 e. The lowest BCUT2D eigenvalue weighted by Crippen LogP contribution is -2.47. The highest BCUT2D eigenvalue weighted by molar-refractivity contribution is 7.80. The molecule has 1 heterocycles. The van der Waals surface area contributed by atoms with Crippen LogP contribution in [0.2, 0.25) is 5.02 Å². The topological polar surface area (TPSA) is 67.6 Å². The van der Waals surface area contributed by atoms with Crippen LogP contribution in [-0.4, -0.2) is 48.1 Å². The summed E-state index contributed by atoms with van der Waals surface area (Å²) in [5, 5.41) is 3.62. The molecule has 0 bridgehead atoms. The Bertz CT molecular complexity index is 547. The predicted molar refractivity (Wildman–Crippen MR) is 87.8 cm³/mol. The number of nitrogens with one attached hydrogen (secondary N) is 1. The van der Waals surface area contributed by atoms with Crippen molar-refractivity contribution in [3.8, 4) is 0 Å². The first-order valence-corrected chi connectivity index (χ1v) is 7.50. The molecule has 1 aliphatic rings. The molecule has 2 rings (SSSR count). The standard InChI is InChI=1S/C14H18ClN3O2S/c1-9(14(19)18-5-7-20-8-6-18)17-11-4-2-3-10(15)12(11)13(16)21/h2-4,9,17H,5-8H2,1H3,(H2,16,21). The summed E-state index contributed by atoms with van der Waals surface area (Å²) >= 11 is 11.1. The summed E-state index contributed by atoms with van der Waals surface area (Å²) in [4.78, 5) is 14.4. The number of ether oxygens (including phenoxy) is 1. The van der Waals surface area contributed by atoms with E-state index in [1.807, 2.05) is 13.0 Å². The van der Waals surface area contributed by atoms with E-state index < -0.39 is 6.04 Å². The van der Waals surface area contributed by atoms with Crippen molar-refractivity contribution in [2.75, 3.05) is 31.6 Å². The van der Waals surface area contributed by atoms with Gasteiger partial charge in [-0.3, -0.25) is 4.79 Å². The Hall–Kier alpha value is -1.37. The minimum atomic E-state index is -0.394. The Kier molecular flexibility index (Phi) is 5.39. The Morgan fingerprint density at radius 2 is 2.14 bits per heavy atom. The Morgan fingerprint density at radius 3 is 2.76 bits per heavy atom. The van der Waals surface area contributed by atoms with Crippen LogP contribution in [0, 0.1) is 0 Å². The zero-order chi connectivity index (χ0) is 15.4. The van der Waals surface area contributed by atoms with Gasteiger partial charge in [0.1, 0.15) is 11.0 Å². The van der Waals surface area contributed by atoms with E-state index in [9.17, 15) is 4.79 Å². The number of thiocarbonyl (C=S) groups is 1. The molecule has 1 saturated heterocycles. The second-order valence-electron chi connectivity index (χ2n) is 4.83. The average molecular weight is 328 g/mol. The molecular weight excluding hydrogens is 310 g/mol. The smallest absolute Gasteiger partial charge is 0.244 e. The molecule has 1 fully saturated rings. The van der Waals surface area contributed by atoms with Gasteiger partial charge in [0.25, 0.3) is 0 Å². The molecule has 0 radical (unpaired) electrons. The molecule has 1 unspecified atom stereocenters. The third-order valence-corrected chi connectivity index (χ3v) is 3.84. The maximum Gasteiger partial charge on any atom is 0.244 e. The molecule has 7 heteroatoms. The van der Waals surface area contributed by atoms with Gasteiger partial charge in [0, 0.05) is 18.8 Å². The van der Waals surface area contributed by atoms with Crippen LogP contribution >= 0.6 is 23.8 Å². The quantitative estimate of drug-likeness (QED) is 0.823. The second kappa shape index (κ2) is 7.06. The summed E-state index contributed by atoms with van der Waals surface area (Å²) in [7, 11) is 0. The first-order chi connectivity index (χ1) is 10.0. The van der Waals surface area contributed by atoms with Crippen LogP contribution in [0.15, 0.2) is 18.2 Å². The highest BCUT2D eigenvalue weighted by Crippen LogP contribution is 2.25. The summed E-state index contributed by atoms with van der Waals surface area (Å²) in [6.07, 6.45) is 0. The summed E-state index contributed by atoms with van der Waals surface area (Å²) in [6.45, 7) is 4.19. The van der Waals surface area contributed by atoms with Crippen LogP contribution in [-0.2, 0) is 9.53 Å². The lowest BCUT2D eigenvalue weighted by molar-refractivity contribution is -0.135. The zero-order valence-electron chi connectivity index (χ0n) is 11.8. The van der Waals surface area contributed by atoms with E-state index in [1.54, 1.807) is 17.0 Å². The number of morpholine rings is 1. The number of hydrogen-bond acceptors (Lipinski definition) is 4. The van der Waals surface area contributed by atoms with E-state index in [1.165, 1.54) is 0 Å². The number of nitrogens with zero attached hydrogens (tertiary/aromatic N) is 1. The average Bonchev–Trinajstić information content (AvgIpc) is 2.47. The number of halogens is 1. The van der Waals surface area contributed by atoms with Crippen LogP contribution in [0.5, 0.6) is 0 Å². The van der Waals surface area contributed by atoms with Crippen molar-refractivity contribution >= 4 is 40.4 Å². The molecule has 114 valence electrons. The molecule has 21 heavy (non-hydrogen) atoms. The van der Waals surface area contributed by atoms with Crippen LogP contribution < -0.4 is 11.1 Å². The third kappa shape index (κ3) is 3.84. The largest absolute Gasteiger partial charge is 0.389 e. The van der Waals surface area contributed by atoms with Crippen molar-refractivity contribution in [3.63, 3.8) is 0 Å². The first-order valence-electron chi connectivity index (χ1n) is 6.72. The molecule has 1 atom stereocenters. The number of carbonyl (C=O) groups excluding carboxylic acids is 1. The van der Waals surface area contributed by atoms with Crippen LogP contribution in [0.3, 0.4) is 0 Å². The highest BCUT2D eigenvalue weighted by atomic mass is 35.5. The minimum absolute atomic E-state index is 0.0205. The fraction of sp³-hybridized carbons (Fsp3) is 0.429. The second-order valence-corrected chi connectivity index (χ2v) is 5.68.